The molecule has 4 N–H and O–H groups in total. The number of aliphatic hydroxyl groups excluding tert-OH is 1. The molecule has 108 valence electrons. The first-order valence-electron chi connectivity index (χ1n) is 5.85. The lowest BCUT2D eigenvalue weighted by Gasteiger charge is -2.17. The number of aliphatic carboxylic acids is 1. The van der Waals surface area contributed by atoms with Crippen molar-refractivity contribution in [2.24, 2.45) is 0 Å². The number of carbonyl (C=O) groups is 2. The van der Waals surface area contributed by atoms with E-state index in [4.69, 9.17) is 14.6 Å². The molecule has 0 aromatic heterocycles. The maximum Gasteiger partial charge on any atom is 0.328 e. The molecule has 20 heavy (non-hydrogen) atoms. The number of hydrogen-bond acceptors (Lipinski definition) is 5. The number of aliphatic hydroxyl groups is 1. The molecule has 1 heterocycles. The monoisotopic (exact) mass is 282 g/mol. The number of carboxylic acid groups (broad SMARTS) is 1. The second kappa shape index (κ2) is 5.66. The number of nitrogens with one attached hydrogen (secondary N) is 2. The van der Waals surface area contributed by atoms with Crippen molar-refractivity contribution in [3.63, 3.8) is 0 Å². The molecule has 1 aromatic carbocycles. The van der Waals surface area contributed by atoms with Crippen molar-refractivity contribution in [2.45, 2.75) is 19.1 Å². The van der Waals surface area contributed by atoms with Crippen LogP contribution in [-0.2, 0) is 4.79 Å². The van der Waals surface area contributed by atoms with E-state index in [1.54, 1.807) is 18.2 Å². The highest BCUT2D eigenvalue weighted by molar-refractivity contribution is 5.92. The van der Waals surface area contributed by atoms with Gasteiger partial charge in [-0.05, 0) is 19.1 Å². The summed E-state index contributed by atoms with van der Waals surface area (Å²) in [5.41, 5.74) is 0.418. The van der Waals surface area contributed by atoms with E-state index in [2.05, 4.69) is 10.6 Å². The van der Waals surface area contributed by atoms with Gasteiger partial charge >= 0.3 is 12.0 Å². The molecular weight excluding hydrogens is 268 g/mol. The van der Waals surface area contributed by atoms with E-state index < -0.39 is 24.1 Å². The van der Waals surface area contributed by atoms with E-state index >= 15 is 0 Å². The van der Waals surface area contributed by atoms with Gasteiger partial charge in [-0.3, -0.25) is 0 Å². The van der Waals surface area contributed by atoms with E-state index in [-0.39, 0.29) is 6.79 Å². The maximum absolute atomic E-state index is 11.7. The Morgan fingerprint density at radius 2 is 2.00 bits per heavy atom. The molecule has 0 bridgehead atoms. The first kappa shape index (κ1) is 13.9. The Morgan fingerprint density at radius 1 is 1.30 bits per heavy atom. The largest absolute Gasteiger partial charge is 0.480 e. The molecule has 1 aliphatic heterocycles. The number of fused-ring (bicyclic) bond motifs is 1. The summed E-state index contributed by atoms with van der Waals surface area (Å²) < 4.78 is 10.3. The molecule has 0 spiro atoms. The van der Waals surface area contributed by atoms with Gasteiger partial charge in [-0.1, -0.05) is 0 Å². The van der Waals surface area contributed by atoms with Crippen LogP contribution in [0.4, 0.5) is 10.5 Å². The molecule has 0 saturated heterocycles. The standard InChI is InChI=1S/C12H14N2O6/c1-6(15)10(11(16)17)14-12(18)13-7-2-3-8-9(4-7)20-5-19-8/h2-4,6,10,15H,5H2,1H3,(H,16,17)(H2,13,14,18)/t6-,10+/m1/s1. The Bertz CT molecular complexity index is 531. The zero-order valence-electron chi connectivity index (χ0n) is 10.6. The van der Waals surface area contributed by atoms with Crippen molar-refractivity contribution >= 4 is 17.7 Å². The van der Waals surface area contributed by atoms with Crippen LogP contribution in [0.3, 0.4) is 0 Å². The zero-order valence-corrected chi connectivity index (χ0v) is 10.6. The van der Waals surface area contributed by atoms with E-state index in [0.29, 0.717) is 17.2 Å². The average molecular weight is 282 g/mol. The highest BCUT2D eigenvalue weighted by Gasteiger charge is 2.25. The van der Waals surface area contributed by atoms with Crippen molar-refractivity contribution < 1.29 is 29.3 Å². The van der Waals surface area contributed by atoms with Crippen LogP contribution in [0.1, 0.15) is 6.92 Å². The molecule has 0 fully saturated rings. The van der Waals surface area contributed by atoms with Crippen LogP contribution >= 0.6 is 0 Å². The summed E-state index contributed by atoms with van der Waals surface area (Å²) in [4.78, 5) is 22.5. The van der Waals surface area contributed by atoms with E-state index in [9.17, 15) is 14.7 Å². The van der Waals surface area contributed by atoms with Crippen LogP contribution in [0, 0.1) is 0 Å². The van der Waals surface area contributed by atoms with Gasteiger partial charge in [0.1, 0.15) is 0 Å². The summed E-state index contributed by atoms with van der Waals surface area (Å²) in [7, 11) is 0. The first-order chi connectivity index (χ1) is 9.47. The molecule has 1 aromatic rings. The van der Waals surface area contributed by atoms with Crippen LogP contribution in [0.15, 0.2) is 18.2 Å². The predicted octanol–water partition coefficient (Wildman–Crippen LogP) is 0.371. The Morgan fingerprint density at radius 3 is 2.65 bits per heavy atom. The maximum atomic E-state index is 11.7. The molecule has 8 nitrogen and oxygen atoms in total. The van der Waals surface area contributed by atoms with Crippen LogP contribution in [0.2, 0.25) is 0 Å². The Hall–Kier alpha value is -2.48. The van der Waals surface area contributed by atoms with Crippen molar-refractivity contribution in [2.75, 3.05) is 12.1 Å². The number of hydrogen-bond donors (Lipinski definition) is 4. The fraction of sp³-hybridized carbons (Fsp3) is 0.333. The number of urea groups is 1. The quantitative estimate of drug-likeness (QED) is 0.634. The van der Waals surface area contributed by atoms with Gasteiger partial charge in [0.2, 0.25) is 6.79 Å². The minimum atomic E-state index is -1.39. The molecule has 0 unspecified atom stereocenters. The minimum Gasteiger partial charge on any atom is -0.480 e. The first-order valence-corrected chi connectivity index (χ1v) is 5.85. The van der Waals surface area contributed by atoms with Crippen LogP contribution in [0.25, 0.3) is 0 Å². The van der Waals surface area contributed by atoms with Gasteiger partial charge in [0.15, 0.2) is 17.5 Å². The number of benzene rings is 1. The van der Waals surface area contributed by atoms with Crippen LogP contribution in [-0.4, -0.2) is 41.2 Å². The number of carboxylic acids is 1. The molecular formula is C12H14N2O6. The van der Waals surface area contributed by atoms with Crippen molar-refractivity contribution in [1.82, 2.24) is 5.32 Å². The molecule has 1 aliphatic rings. The van der Waals surface area contributed by atoms with Gasteiger partial charge < -0.3 is 30.3 Å². The number of ether oxygens (including phenoxy) is 2. The van der Waals surface area contributed by atoms with Gasteiger partial charge in [-0.2, -0.15) is 0 Å². The number of rotatable bonds is 4. The normalized spacial score (nSPS) is 15.3. The number of amides is 2. The summed E-state index contributed by atoms with van der Waals surface area (Å²) in [6.45, 7) is 1.40. The lowest BCUT2D eigenvalue weighted by Crippen LogP contribution is -2.49. The van der Waals surface area contributed by atoms with E-state index in [1.165, 1.54) is 6.92 Å². The second-order valence-corrected chi connectivity index (χ2v) is 4.22. The van der Waals surface area contributed by atoms with Crippen molar-refractivity contribution in [3.8, 4) is 11.5 Å². The van der Waals surface area contributed by atoms with Gasteiger partial charge in [-0.25, -0.2) is 9.59 Å². The average Bonchev–Trinajstić information content (AvgIpc) is 2.82. The van der Waals surface area contributed by atoms with Crippen LogP contribution < -0.4 is 20.1 Å². The minimum absolute atomic E-state index is 0.119. The summed E-state index contributed by atoms with van der Waals surface area (Å²) >= 11 is 0. The van der Waals surface area contributed by atoms with Crippen molar-refractivity contribution in [1.29, 1.82) is 0 Å². The van der Waals surface area contributed by atoms with Gasteiger partial charge in [0.25, 0.3) is 0 Å². The van der Waals surface area contributed by atoms with E-state index in [1.807, 2.05) is 0 Å². The predicted molar refractivity (Wildman–Crippen MR) is 67.8 cm³/mol. The van der Waals surface area contributed by atoms with Crippen LogP contribution in [0.5, 0.6) is 11.5 Å². The molecule has 2 atom stereocenters. The van der Waals surface area contributed by atoms with Gasteiger partial charge in [-0.15, -0.1) is 0 Å². The number of anilines is 1. The zero-order chi connectivity index (χ0) is 14.7. The SMILES string of the molecule is C[C@@H](O)[C@H](NC(=O)Nc1ccc2c(c1)OCO2)C(=O)O. The second-order valence-electron chi connectivity index (χ2n) is 4.22. The summed E-state index contributed by atoms with van der Waals surface area (Å²) in [6.07, 6.45) is -1.21. The summed E-state index contributed by atoms with van der Waals surface area (Å²) in [6, 6.07) is 2.65. The highest BCUT2D eigenvalue weighted by Crippen LogP contribution is 2.34. The highest BCUT2D eigenvalue weighted by atomic mass is 16.7. The molecule has 0 saturated carbocycles. The smallest absolute Gasteiger partial charge is 0.328 e. The lowest BCUT2D eigenvalue weighted by molar-refractivity contribution is -0.141. The van der Waals surface area contributed by atoms with E-state index in [0.717, 1.165) is 0 Å². The van der Waals surface area contributed by atoms with Crippen molar-refractivity contribution in [3.05, 3.63) is 18.2 Å². The summed E-state index contributed by atoms with van der Waals surface area (Å²) in [5, 5.41) is 22.7. The third kappa shape index (κ3) is 3.09. The number of carbonyl (C=O) groups excluding carboxylic acids is 1. The molecule has 2 rings (SSSR count). The molecule has 8 heteroatoms. The Balaban J connectivity index is 1.99. The Kier molecular flexibility index (Phi) is 3.94. The molecule has 2 amide bonds. The van der Waals surface area contributed by atoms with Gasteiger partial charge in [0.05, 0.1) is 6.10 Å². The fourth-order valence-corrected chi connectivity index (χ4v) is 1.67. The summed E-state index contributed by atoms with van der Waals surface area (Å²) in [5.74, 6) is -0.253. The molecule has 0 radical (unpaired) electrons. The fourth-order valence-electron chi connectivity index (χ4n) is 1.67. The third-order valence-corrected chi connectivity index (χ3v) is 2.67. The Labute approximate surface area is 114 Å². The third-order valence-electron chi connectivity index (χ3n) is 2.67. The van der Waals surface area contributed by atoms with Gasteiger partial charge in [0, 0.05) is 11.8 Å². The molecule has 0 aliphatic carbocycles. The lowest BCUT2D eigenvalue weighted by atomic mass is 10.2. The topological polar surface area (TPSA) is 117 Å².